The van der Waals surface area contributed by atoms with Crippen molar-refractivity contribution in [2.75, 3.05) is 4.90 Å². The molecular formula is C20H21NO2. The van der Waals surface area contributed by atoms with Crippen molar-refractivity contribution in [3.05, 3.63) is 65.7 Å². The van der Waals surface area contributed by atoms with Crippen LogP contribution in [0.15, 0.2) is 54.6 Å². The van der Waals surface area contributed by atoms with Gasteiger partial charge in [0.05, 0.1) is 5.69 Å². The molecule has 1 fully saturated rings. The van der Waals surface area contributed by atoms with Crippen LogP contribution in [0.5, 0.6) is 0 Å². The van der Waals surface area contributed by atoms with Crippen LogP contribution in [-0.4, -0.2) is 11.8 Å². The lowest BCUT2D eigenvalue weighted by molar-refractivity contribution is -0.129. The number of hydrogen-bond donors (Lipinski definition) is 0. The van der Waals surface area contributed by atoms with Crippen LogP contribution in [-0.2, 0) is 9.59 Å². The number of carbonyl (C=O) groups is 2. The topological polar surface area (TPSA) is 37.4 Å². The standard InChI is InChI=1S/C20H21NO2/c1-14(2)15-8-10-18(11-9-15)21-19(22)12-17(13-20(21)23)16-6-4-3-5-7-16/h3-11,14,17H,12-13H2,1-2H3. The predicted octanol–water partition coefficient (Wildman–Crippen LogP) is 4.25. The van der Waals surface area contributed by atoms with E-state index in [9.17, 15) is 9.59 Å². The Hall–Kier alpha value is -2.42. The van der Waals surface area contributed by atoms with Crippen molar-refractivity contribution in [3.63, 3.8) is 0 Å². The number of piperidine rings is 1. The van der Waals surface area contributed by atoms with Crippen LogP contribution in [0.4, 0.5) is 5.69 Å². The fraction of sp³-hybridized carbons (Fsp3) is 0.300. The van der Waals surface area contributed by atoms with Crippen LogP contribution in [0.2, 0.25) is 0 Å². The van der Waals surface area contributed by atoms with Crippen LogP contribution in [0.25, 0.3) is 0 Å². The first-order valence-corrected chi connectivity index (χ1v) is 8.07. The lowest BCUT2D eigenvalue weighted by atomic mass is 9.88. The van der Waals surface area contributed by atoms with Gasteiger partial charge < -0.3 is 0 Å². The largest absolute Gasteiger partial charge is 0.274 e. The summed E-state index contributed by atoms with van der Waals surface area (Å²) in [5.74, 6) is 0.182. The third-order valence-electron chi connectivity index (χ3n) is 4.43. The summed E-state index contributed by atoms with van der Waals surface area (Å²) in [4.78, 5) is 26.4. The molecule has 1 aliphatic rings. The van der Waals surface area contributed by atoms with Crippen molar-refractivity contribution in [1.82, 2.24) is 0 Å². The van der Waals surface area contributed by atoms with Gasteiger partial charge in [-0.1, -0.05) is 56.3 Å². The molecule has 0 atom stereocenters. The highest BCUT2D eigenvalue weighted by molar-refractivity contribution is 6.17. The van der Waals surface area contributed by atoms with Crippen molar-refractivity contribution in [2.45, 2.75) is 38.5 Å². The number of nitrogens with zero attached hydrogens (tertiary/aromatic N) is 1. The van der Waals surface area contributed by atoms with Crippen LogP contribution >= 0.6 is 0 Å². The number of amides is 2. The highest BCUT2D eigenvalue weighted by Crippen LogP contribution is 2.32. The minimum Gasteiger partial charge on any atom is -0.274 e. The Bertz CT molecular complexity index is 686. The molecule has 0 spiro atoms. The second kappa shape index (κ2) is 6.37. The van der Waals surface area contributed by atoms with Gasteiger partial charge in [0.2, 0.25) is 11.8 Å². The lowest BCUT2D eigenvalue weighted by Gasteiger charge is -2.30. The number of imide groups is 1. The van der Waals surface area contributed by atoms with E-state index >= 15 is 0 Å². The summed E-state index contributed by atoms with van der Waals surface area (Å²) >= 11 is 0. The fourth-order valence-corrected chi connectivity index (χ4v) is 3.07. The number of hydrogen-bond acceptors (Lipinski definition) is 2. The Morgan fingerprint density at radius 1 is 0.870 bits per heavy atom. The molecule has 2 aromatic carbocycles. The van der Waals surface area contributed by atoms with Gasteiger partial charge in [-0.25, -0.2) is 0 Å². The van der Waals surface area contributed by atoms with Crippen molar-refractivity contribution >= 4 is 17.5 Å². The first-order chi connectivity index (χ1) is 11.1. The van der Waals surface area contributed by atoms with Gasteiger partial charge in [0.1, 0.15) is 0 Å². The van der Waals surface area contributed by atoms with Crippen molar-refractivity contribution in [2.24, 2.45) is 0 Å². The van der Waals surface area contributed by atoms with Gasteiger partial charge in [0.15, 0.2) is 0 Å². The van der Waals surface area contributed by atoms with Crippen LogP contribution in [0, 0.1) is 0 Å². The summed E-state index contributed by atoms with van der Waals surface area (Å²) in [7, 11) is 0. The summed E-state index contributed by atoms with van der Waals surface area (Å²) in [6.45, 7) is 4.24. The zero-order valence-electron chi connectivity index (χ0n) is 13.5. The average Bonchev–Trinajstić information content (AvgIpc) is 2.55. The summed E-state index contributed by atoms with van der Waals surface area (Å²) in [6.07, 6.45) is 0.753. The van der Waals surface area contributed by atoms with Gasteiger partial charge in [-0.2, -0.15) is 0 Å². The first-order valence-electron chi connectivity index (χ1n) is 8.07. The van der Waals surface area contributed by atoms with E-state index in [-0.39, 0.29) is 17.7 Å². The molecule has 0 aromatic heterocycles. The monoisotopic (exact) mass is 307 g/mol. The van der Waals surface area contributed by atoms with E-state index in [0.29, 0.717) is 24.4 Å². The van der Waals surface area contributed by atoms with Crippen molar-refractivity contribution in [3.8, 4) is 0 Å². The molecule has 2 amide bonds. The molecule has 0 aliphatic carbocycles. The summed E-state index contributed by atoms with van der Waals surface area (Å²) < 4.78 is 0. The van der Waals surface area contributed by atoms with Gasteiger partial charge in [-0.05, 0) is 29.2 Å². The number of benzene rings is 2. The molecule has 1 heterocycles. The molecule has 23 heavy (non-hydrogen) atoms. The Balaban J connectivity index is 1.80. The maximum absolute atomic E-state index is 12.5. The van der Waals surface area contributed by atoms with E-state index in [2.05, 4.69) is 13.8 Å². The molecule has 3 heteroatoms. The van der Waals surface area contributed by atoms with Gasteiger partial charge in [0, 0.05) is 18.8 Å². The lowest BCUT2D eigenvalue weighted by Crippen LogP contribution is -2.42. The third kappa shape index (κ3) is 3.19. The smallest absolute Gasteiger partial charge is 0.234 e. The Morgan fingerprint density at radius 2 is 1.43 bits per heavy atom. The molecule has 0 bridgehead atoms. The molecule has 118 valence electrons. The Morgan fingerprint density at radius 3 is 1.96 bits per heavy atom. The SMILES string of the molecule is CC(C)c1ccc(N2C(=O)CC(c3ccccc3)CC2=O)cc1. The summed E-state index contributed by atoms with van der Waals surface area (Å²) in [5.41, 5.74) is 2.94. The van der Waals surface area contributed by atoms with Gasteiger partial charge in [-0.3, -0.25) is 14.5 Å². The van der Waals surface area contributed by atoms with Crippen LogP contribution in [0.1, 0.15) is 49.7 Å². The number of rotatable bonds is 3. The zero-order valence-corrected chi connectivity index (χ0v) is 13.5. The second-order valence-corrected chi connectivity index (χ2v) is 6.38. The highest BCUT2D eigenvalue weighted by atomic mass is 16.2. The Kier molecular flexibility index (Phi) is 4.28. The van der Waals surface area contributed by atoms with E-state index in [0.717, 1.165) is 5.56 Å². The van der Waals surface area contributed by atoms with E-state index < -0.39 is 0 Å². The summed E-state index contributed by atoms with van der Waals surface area (Å²) in [6, 6.07) is 17.5. The quantitative estimate of drug-likeness (QED) is 0.795. The molecule has 0 N–H and O–H groups in total. The van der Waals surface area contributed by atoms with Gasteiger partial charge in [-0.15, -0.1) is 0 Å². The second-order valence-electron chi connectivity index (χ2n) is 6.38. The van der Waals surface area contributed by atoms with Gasteiger partial charge >= 0.3 is 0 Å². The van der Waals surface area contributed by atoms with E-state index in [1.165, 1.54) is 10.5 Å². The molecule has 0 saturated carbocycles. The van der Waals surface area contributed by atoms with E-state index in [4.69, 9.17) is 0 Å². The molecule has 0 radical (unpaired) electrons. The number of carbonyl (C=O) groups excluding carboxylic acids is 2. The number of anilines is 1. The minimum absolute atomic E-state index is 0.0117. The van der Waals surface area contributed by atoms with Gasteiger partial charge in [0.25, 0.3) is 0 Å². The van der Waals surface area contributed by atoms with E-state index in [1.807, 2.05) is 54.6 Å². The van der Waals surface area contributed by atoms with Crippen molar-refractivity contribution < 1.29 is 9.59 Å². The Labute approximate surface area is 136 Å². The molecule has 1 aliphatic heterocycles. The average molecular weight is 307 g/mol. The van der Waals surface area contributed by atoms with Crippen LogP contribution < -0.4 is 4.90 Å². The molecule has 3 nitrogen and oxygen atoms in total. The molecule has 0 unspecified atom stereocenters. The highest BCUT2D eigenvalue weighted by Gasteiger charge is 2.34. The van der Waals surface area contributed by atoms with E-state index in [1.54, 1.807) is 0 Å². The van der Waals surface area contributed by atoms with Crippen LogP contribution in [0.3, 0.4) is 0 Å². The van der Waals surface area contributed by atoms with Crippen molar-refractivity contribution in [1.29, 1.82) is 0 Å². The first kappa shape index (κ1) is 15.5. The molecule has 3 rings (SSSR count). The predicted molar refractivity (Wildman–Crippen MR) is 91.4 cm³/mol. The maximum Gasteiger partial charge on any atom is 0.234 e. The third-order valence-corrected chi connectivity index (χ3v) is 4.43. The normalized spacial score (nSPS) is 16.2. The molecular weight excluding hydrogens is 286 g/mol. The fourth-order valence-electron chi connectivity index (χ4n) is 3.07. The molecule has 1 saturated heterocycles. The minimum atomic E-state index is -0.118. The maximum atomic E-state index is 12.5. The summed E-state index contributed by atoms with van der Waals surface area (Å²) in [5, 5.41) is 0. The zero-order chi connectivity index (χ0) is 16.4. The molecule has 2 aromatic rings.